The van der Waals surface area contributed by atoms with Crippen LogP contribution in [0.25, 0.3) is 0 Å². The zero-order valence-corrected chi connectivity index (χ0v) is 18.8. The van der Waals surface area contributed by atoms with E-state index in [9.17, 15) is 4.57 Å². The van der Waals surface area contributed by atoms with E-state index in [4.69, 9.17) is 9.05 Å². The first-order chi connectivity index (χ1) is 11.5. The molecule has 0 amide bonds. The summed E-state index contributed by atoms with van der Waals surface area (Å²) in [6.07, 6.45) is 0. The molecule has 0 bridgehead atoms. The van der Waals surface area contributed by atoms with E-state index in [1.807, 2.05) is 0 Å². The van der Waals surface area contributed by atoms with E-state index >= 15 is 0 Å². The van der Waals surface area contributed by atoms with E-state index in [1.165, 1.54) is 0 Å². The molecule has 0 aliphatic rings. The van der Waals surface area contributed by atoms with Crippen molar-refractivity contribution in [3.05, 3.63) is 0 Å². The van der Waals surface area contributed by atoms with Crippen LogP contribution in [0.4, 0.5) is 0 Å². The van der Waals surface area contributed by atoms with Gasteiger partial charge in [-0.05, 0) is 38.0 Å². The Morgan fingerprint density at radius 2 is 1.12 bits per heavy atom. The maximum atomic E-state index is 12.8. The first-order valence-corrected chi connectivity index (χ1v) is 11.0. The van der Waals surface area contributed by atoms with Crippen molar-refractivity contribution in [2.75, 3.05) is 13.2 Å². The molecule has 0 heterocycles. The highest BCUT2D eigenvalue weighted by Crippen LogP contribution is 2.46. The van der Waals surface area contributed by atoms with Gasteiger partial charge < -0.3 is 9.62 Å². The molecule has 25 heavy (non-hydrogen) atoms. The average molecular weight is 372 g/mol. The summed E-state index contributed by atoms with van der Waals surface area (Å²) in [5, 5.41) is 0. The quantitative estimate of drug-likeness (QED) is 0.321. The van der Waals surface area contributed by atoms with Gasteiger partial charge in [0.05, 0.1) is 13.2 Å². The first-order valence-electron chi connectivity index (χ1n) is 9.47. The average Bonchev–Trinajstić information content (AvgIpc) is 2.43. The van der Waals surface area contributed by atoms with Crippen LogP contribution in [-0.2, 0) is 13.6 Å². The SMILES string of the molecule is CCOP(=O)(C#CB(N(C(C)C)C(C)C)N(C(C)C)C(C)C)OCC. The molecule has 0 aliphatic carbocycles. The Morgan fingerprint density at radius 3 is 1.36 bits per heavy atom. The Balaban J connectivity index is 6.07. The highest BCUT2D eigenvalue weighted by atomic mass is 31.2. The van der Waals surface area contributed by atoms with E-state index in [1.54, 1.807) is 13.8 Å². The molecule has 0 aliphatic heterocycles. The molecule has 0 atom stereocenters. The Morgan fingerprint density at radius 1 is 0.800 bits per heavy atom. The second-order valence-corrected chi connectivity index (χ2v) is 8.97. The second kappa shape index (κ2) is 11.4. The Hall–Kier alpha value is -0.305. The van der Waals surface area contributed by atoms with Gasteiger partial charge >= 0.3 is 14.6 Å². The summed E-state index contributed by atoms with van der Waals surface area (Å²) in [6, 6.07) is 1.21. The van der Waals surface area contributed by atoms with Gasteiger partial charge in [0.2, 0.25) is 0 Å². The lowest BCUT2D eigenvalue weighted by atomic mass is 9.68. The summed E-state index contributed by atoms with van der Waals surface area (Å²) >= 11 is 0. The molecule has 5 nitrogen and oxygen atoms in total. The van der Waals surface area contributed by atoms with Gasteiger partial charge in [-0.3, -0.25) is 9.05 Å². The van der Waals surface area contributed by atoms with Gasteiger partial charge in [-0.2, -0.15) is 0 Å². The van der Waals surface area contributed by atoms with Crippen LogP contribution in [0, 0.1) is 11.5 Å². The fourth-order valence-electron chi connectivity index (χ4n) is 3.20. The molecule has 0 saturated carbocycles. The Kier molecular flexibility index (Phi) is 11.3. The molecule has 0 unspecified atom stereocenters. The minimum Gasteiger partial charge on any atom is -0.313 e. The third-order valence-corrected chi connectivity index (χ3v) is 5.48. The van der Waals surface area contributed by atoms with Crippen molar-refractivity contribution in [2.24, 2.45) is 0 Å². The Labute approximate surface area is 156 Å². The molecule has 146 valence electrons. The highest BCUT2D eigenvalue weighted by Gasteiger charge is 2.36. The number of hydrogen-bond acceptors (Lipinski definition) is 5. The third kappa shape index (κ3) is 7.85. The van der Waals surface area contributed by atoms with E-state index in [0.29, 0.717) is 37.4 Å². The van der Waals surface area contributed by atoms with Crippen molar-refractivity contribution in [3.63, 3.8) is 0 Å². The van der Waals surface area contributed by atoms with Crippen LogP contribution in [-0.4, -0.2) is 54.0 Å². The molecule has 7 heteroatoms. The van der Waals surface area contributed by atoms with Crippen LogP contribution in [0.3, 0.4) is 0 Å². The molecule has 0 radical (unpaired) electrons. The van der Waals surface area contributed by atoms with Gasteiger partial charge in [-0.25, -0.2) is 4.57 Å². The molecule has 0 aromatic heterocycles. The number of hydrogen-bond donors (Lipinski definition) is 0. The van der Waals surface area contributed by atoms with Crippen LogP contribution in [0.2, 0.25) is 0 Å². The molecule has 0 fully saturated rings. The summed E-state index contributed by atoms with van der Waals surface area (Å²) in [6.45, 7) is 21.4. The predicted octanol–water partition coefficient (Wildman–Crippen LogP) is 4.48. The normalized spacial score (nSPS) is 12.6. The first kappa shape index (κ1) is 24.7. The van der Waals surface area contributed by atoms with Gasteiger partial charge in [0.15, 0.2) is 0 Å². The van der Waals surface area contributed by atoms with Crippen molar-refractivity contribution in [1.82, 2.24) is 9.62 Å². The highest BCUT2D eigenvalue weighted by molar-refractivity contribution is 7.59. The predicted molar refractivity (Wildman–Crippen MR) is 109 cm³/mol. The summed E-state index contributed by atoms with van der Waals surface area (Å²) in [5.41, 5.74) is 2.86. The molecule has 0 rings (SSSR count). The van der Waals surface area contributed by atoms with Crippen LogP contribution in [0.1, 0.15) is 69.2 Å². The van der Waals surface area contributed by atoms with Gasteiger partial charge in [0.1, 0.15) is 0 Å². The lowest BCUT2D eigenvalue weighted by Crippen LogP contribution is -2.61. The van der Waals surface area contributed by atoms with Gasteiger partial charge in [-0.15, -0.1) is 5.82 Å². The largest absolute Gasteiger partial charge is 0.404 e. The molecule has 0 spiro atoms. The topological polar surface area (TPSA) is 42.0 Å². The van der Waals surface area contributed by atoms with Crippen molar-refractivity contribution in [1.29, 1.82) is 0 Å². The maximum absolute atomic E-state index is 12.8. The standard InChI is InChI=1S/C18H38BN2O3P/c1-11-23-25(22,24-12-2)14-13-19(20(15(3)4)16(5)6)21(17(7)8)18(9)10/h15-18H,11-12H2,1-10H3. The molecule has 0 aromatic carbocycles. The fourth-order valence-corrected chi connectivity index (χ4v) is 4.36. The number of rotatable bonds is 10. The maximum Gasteiger partial charge on any atom is 0.404 e. The van der Waals surface area contributed by atoms with Gasteiger partial charge in [0.25, 0.3) is 0 Å². The minimum atomic E-state index is -3.39. The van der Waals surface area contributed by atoms with Crippen molar-refractivity contribution in [2.45, 2.75) is 93.4 Å². The van der Waals surface area contributed by atoms with E-state index in [-0.39, 0.29) is 6.98 Å². The fraction of sp³-hybridized carbons (Fsp3) is 0.889. The monoisotopic (exact) mass is 372 g/mol. The summed E-state index contributed by atoms with van der Waals surface area (Å²) in [5.74, 6) is 3.24. The third-order valence-electron chi connectivity index (χ3n) is 3.88. The summed E-state index contributed by atoms with van der Waals surface area (Å²) in [4.78, 5) is 4.68. The van der Waals surface area contributed by atoms with Crippen molar-refractivity contribution < 1.29 is 13.6 Å². The molecule has 0 N–H and O–H groups in total. The molecule has 0 aromatic rings. The minimum absolute atomic E-state index is 0.158. The van der Waals surface area contributed by atoms with Crippen LogP contribution in [0.5, 0.6) is 0 Å². The van der Waals surface area contributed by atoms with E-state index < -0.39 is 7.60 Å². The zero-order valence-electron chi connectivity index (χ0n) is 17.9. The summed E-state index contributed by atoms with van der Waals surface area (Å²) in [7, 11) is -3.39. The number of nitrogens with zero attached hydrogens (tertiary/aromatic N) is 2. The molecule has 0 saturated heterocycles. The van der Waals surface area contributed by atoms with Crippen LogP contribution >= 0.6 is 7.60 Å². The van der Waals surface area contributed by atoms with Crippen molar-refractivity contribution >= 4 is 14.6 Å². The summed E-state index contributed by atoms with van der Waals surface area (Å²) < 4.78 is 23.5. The Bertz CT molecular complexity index is 440. The van der Waals surface area contributed by atoms with Crippen molar-refractivity contribution in [3.8, 4) is 11.5 Å². The van der Waals surface area contributed by atoms with E-state index in [0.717, 1.165) is 0 Å². The second-order valence-electron chi connectivity index (χ2n) is 7.23. The van der Waals surface area contributed by atoms with Gasteiger partial charge in [0, 0.05) is 5.66 Å². The lowest BCUT2D eigenvalue weighted by molar-refractivity contribution is 0.227. The molecular formula is C18H38BN2O3P. The van der Waals surface area contributed by atoms with Gasteiger partial charge in [-0.1, -0.05) is 55.4 Å². The van der Waals surface area contributed by atoms with Crippen LogP contribution < -0.4 is 0 Å². The van der Waals surface area contributed by atoms with Crippen LogP contribution in [0.15, 0.2) is 0 Å². The lowest BCUT2D eigenvalue weighted by Gasteiger charge is -2.42. The zero-order chi connectivity index (χ0) is 19.8. The smallest absolute Gasteiger partial charge is 0.313 e. The van der Waals surface area contributed by atoms with E-state index in [2.05, 4.69) is 76.5 Å². The molecular weight excluding hydrogens is 334 g/mol.